The van der Waals surface area contributed by atoms with Crippen molar-refractivity contribution in [3.05, 3.63) is 23.8 Å². The molecule has 1 aliphatic rings. The predicted octanol–water partition coefficient (Wildman–Crippen LogP) is 0.534. The highest BCUT2D eigenvalue weighted by Gasteiger charge is 2.20. The van der Waals surface area contributed by atoms with Crippen LogP contribution in [-0.4, -0.2) is 42.1 Å². The van der Waals surface area contributed by atoms with Crippen molar-refractivity contribution < 1.29 is 19.4 Å². The fourth-order valence-electron chi connectivity index (χ4n) is 1.78. The summed E-state index contributed by atoms with van der Waals surface area (Å²) in [6, 6.07) is 5.39. The van der Waals surface area contributed by atoms with Gasteiger partial charge in [0.2, 0.25) is 0 Å². The fraction of sp³-hybridized carbons (Fsp3) is 0.333. The van der Waals surface area contributed by atoms with Crippen molar-refractivity contribution in [2.45, 2.75) is 6.54 Å². The lowest BCUT2D eigenvalue weighted by Gasteiger charge is -2.14. The molecule has 0 spiro atoms. The first-order valence-electron chi connectivity index (χ1n) is 5.52. The maximum absolute atomic E-state index is 11.5. The van der Waals surface area contributed by atoms with E-state index in [9.17, 15) is 9.59 Å². The van der Waals surface area contributed by atoms with Crippen molar-refractivity contribution in [2.24, 2.45) is 0 Å². The Hall–Kier alpha value is -2.24. The molecular formula is C12H14N2O4. The van der Waals surface area contributed by atoms with E-state index in [1.165, 1.54) is 0 Å². The Balaban J connectivity index is 2.27. The number of likely N-dealkylation sites (N-methyl/N-ethyl adjacent to an activating group) is 1. The van der Waals surface area contributed by atoms with Crippen LogP contribution in [0.25, 0.3) is 0 Å². The number of ether oxygens (including phenoxy) is 1. The second kappa shape index (κ2) is 4.95. The lowest BCUT2D eigenvalue weighted by molar-refractivity contribution is -0.135. The third kappa shape index (κ3) is 2.53. The number of amides is 1. The van der Waals surface area contributed by atoms with Crippen molar-refractivity contribution in [1.82, 2.24) is 4.90 Å². The van der Waals surface area contributed by atoms with Gasteiger partial charge in [0.25, 0.3) is 5.91 Å². The third-order valence-electron chi connectivity index (χ3n) is 2.70. The lowest BCUT2D eigenvalue weighted by atomic mass is 10.1. The topological polar surface area (TPSA) is 78.9 Å². The van der Waals surface area contributed by atoms with E-state index in [-0.39, 0.29) is 19.1 Å². The van der Waals surface area contributed by atoms with Crippen molar-refractivity contribution >= 4 is 17.6 Å². The number of anilines is 1. The number of rotatable bonds is 3. The lowest BCUT2D eigenvalue weighted by Crippen LogP contribution is -2.28. The van der Waals surface area contributed by atoms with Crippen LogP contribution < -0.4 is 10.1 Å². The summed E-state index contributed by atoms with van der Waals surface area (Å²) in [5.74, 6) is -0.499. The van der Waals surface area contributed by atoms with Gasteiger partial charge in [0.15, 0.2) is 6.61 Å². The molecule has 0 saturated heterocycles. The summed E-state index contributed by atoms with van der Waals surface area (Å²) in [6.45, 7) is 0.232. The zero-order valence-electron chi connectivity index (χ0n) is 9.97. The quantitative estimate of drug-likeness (QED) is 0.818. The summed E-state index contributed by atoms with van der Waals surface area (Å²) in [7, 11) is 1.71. The molecule has 0 aliphatic carbocycles. The maximum Gasteiger partial charge on any atom is 0.322 e. The number of fused-ring (bicyclic) bond motifs is 1. The van der Waals surface area contributed by atoms with E-state index in [2.05, 4.69) is 5.32 Å². The minimum Gasteiger partial charge on any atom is -0.481 e. The number of nitrogens with one attached hydrogen (secondary N) is 1. The number of nitrogens with zero attached hydrogens (tertiary/aromatic N) is 1. The first-order valence-corrected chi connectivity index (χ1v) is 5.52. The van der Waals surface area contributed by atoms with Gasteiger partial charge < -0.3 is 20.1 Å². The van der Waals surface area contributed by atoms with Crippen LogP contribution >= 0.6 is 0 Å². The van der Waals surface area contributed by atoms with Crippen LogP contribution in [0.1, 0.15) is 5.56 Å². The van der Waals surface area contributed by atoms with E-state index in [1.807, 2.05) is 6.07 Å². The molecule has 6 nitrogen and oxygen atoms in total. The van der Waals surface area contributed by atoms with Crippen LogP contribution in [0.5, 0.6) is 5.75 Å². The normalized spacial score (nSPS) is 14.5. The molecule has 1 aromatic carbocycles. The molecule has 96 valence electrons. The van der Waals surface area contributed by atoms with E-state index in [0.717, 1.165) is 5.56 Å². The Labute approximate surface area is 104 Å². The van der Waals surface area contributed by atoms with E-state index >= 15 is 0 Å². The van der Waals surface area contributed by atoms with Gasteiger partial charge in [0.1, 0.15) is 12.3 Å². The zero-order chi connectivity index (χ0) is 13.1. The molecule has 2 N–H and O–H groups in total. The van der Waals surface area contributed by atoms with Gasteiger partial charge in [-0.2, -0.15) is 0 Å². The standard InChI is InChI=1S/C12H14N2O4/c1-14-6-8-3-2-4-9(13-5-11(16)17)12(8)18-7-10(14)15/h2-4,13H,5-7H2,1H3,(H,16,17). The number of carbonyl (C=O) groups excluding carboxylic acids is 1. The molecule has 0 unspecified atom stereocenters. The summed E-state index contributed by atoms with van der Waals surface area (Å²) in [6.07, 6.45) is 0. The maximum atomic E-state index is 11.5. The number of aliphatic carboxylic acids is 1. The number of hydrogen-bond acceptors (Lipinski definition) is 4. The molecule has 0 bridgehead atoms. The molecule has 1 aliphatic heterocycles. The first kappa shape index (κ1) is 12.2. The van der Waals surface area contributed by atoms with Crippen LogP contribution in [0.4, 0.5) is 5.69 Å². The second-order valence-corrected chi connectivity index (χ2v) is 4.08. The van der Waals surface area contributed by atoms with Crippen LogP contribution in [0.3, 0.4) is 0 Å². The Morgan fingerprint density at radius 2 is 2.33 bits per heavy atom. The molecule has 18 heavy (non-hydrogen) atoms. The SMILES string of the molecule is CN1Cc2cccc(NCC(=O)O)c2OCC1=O. The number of carbonyl (C=O) groups is 2. The number of hydrogen-bond donors (Lipinski definition) is 2. The zero-order valence-corrected chi connectivity index (χ0v) is 9.97. The van der Waals surface area contributed by atoms with Gasteiger partial charge in [0, 0.05) is 19.2 Å². The van der Waals surface area contributed by atoms with Gasteiger partial charge in [-0.3, -0.25) is 9.59 Å². The van der Waals surface area contributed by atoms with Crippen molar-refractivity contribution in [3.8, 4) is 5.75 Å². The Kier molecular flexibility index (Phi) is 3.36. The molecule has 6 heteroatoms. The van der Waals surface area contributed by atoms with E-state index in [0.29, 0.717) is 18.0 Å². The van der Waals surface area contributed by atoms with Crippen LogP contribution in [0, 0.1) is 0 Å². The molecule has 0 saturated carbocycles. The monoisotopic (exact) mass is 250 g/mol. The van der Waals surface area contributed by atoms with E-state index < -0.39 is 5.97 Å². The fourth-order valence-corrected chi connectivity index (χ4v) is 1.78. The van der Waals surface area contributed by atoms with Crippen molar-refractivity contribution in [1.29, 1.82) is 0 Å². The Morgan fingerprint density at radius 3 is 3.06 bits per heavy atom. The van der Waals surface area contributed by atoms with E-state index in [4.69, 9.17) is 9.84 Å². The molecule has 0 aromatic heterocycles. The third-order valence-corrected chi connectivity index (χ3v) is 2.70. The van der Waals surface area contributed by atoms with Crippen LogP contribution in [0.2, 0.25) is 0 Å². The van der Waals surface area contributed by atoms with Gasteiger partial charge in [-0.1, -0.05) is 12.1 Å². The molecule has 1 amide bonds. The number of benzene rings is 1. The second-order valence-electron chi connectivity index (χ2n) is 4.08. The summed E-state index contributed by atoms with van der Waals surface area (Å²) in [5, 5.41) is 11.4. The van der Waals surface area contributed by atoms with Gasteiger partial charge >= 0.3 is 5.97 Å². The Bertz CT molecular complexity index is 487. The molecule has 1 heterocycles. The van der Waals surface area contributed by atoms with Crippen LogP contribution in [-0.2, 0) is 16.1 Å². The summed E-state index contributed by atoms with van der Waals surface area (Å²) < 4.78 is 5.45. The highest BCUT2D eigenvalue weighted by molar-refractivity contribution is 5.79. The molecule has 1 aromatic rings. The van der Waals surface area contributed by atoms with Gasteiger partial charge in [-0.15, -0.1) is 0 Å². The molecule has 0 fully saturated rings. The summed E-state index contributed by atoms with van der Waals surface area (Å²) in [5.41, 5.74) is 1.46. The molecule has 2 rings (SSSR count). The average Bonchev–Trinajstić information content (AvgIpc) is 2.47. The number of para-hydroxylation sites is 1. The van der Waals surface area contributed by atoms with Crippen molar-refractivity contribution in [2.75, 3.05) is 25.5 Å². The van der Waals surface area contributed by atoms with Crippen LogP contribution in [0.15, 0.2) is 18.2 Å². The van der Waals surface area contributed by atoms with Gasteiger partial charge in [-0.25, -0.2) is 0 Å². The largest absolute Gasteiger partial charge is 0.481 e. The highest BCUT2D eigenvalue weighted by Crippen LogP contribution is 2.31. The summed E-state index contributed by atoms with van der Waals surface area (Å²) in [4.78, 5) is 23.7. The smallest absolute Gasteiger partial charge is 0.322 e. The number of carboxylic acids is 1. The first-order chi connectivity index (χ1) is 8.58. The highest BCUT2D eigenvalue weighted by atomic mass is 16.5. The average molecular weight is 250 g/mol. The predicted molar refractivity (Wildman–Crippen MR) is 64.5 cm³/mol. The van der Waals surface area contributed by atoms with Crippen molar-refractivity contribution in [3.63, 3.8) is 0 Å². The Morgan fingerprint density at radius 1 is 1.56 bits per heavy atom. The minimum atomic E-state index is -0.950. The molecule has 0 radical (unpaired) electrons. The van der Waals surface area contributed by atoms with E-state index in [1.54, 1.807) is 24.1 Å². The summed E-state index contributed by atoms with van der Waals surface area (Å²) >= 11 is 0. The minimum absolute atomic E-state index is 0.0325. The van der Waals surface area contributed by atoms with Gasteiger partial charge in [0.05, 0.1) is 5.69 Å². The van der Waals surface area contributed by atoms with Gasteiger partial charge in [-0.05, 0) is 6.07 Å². The number of carboxylic acid groups (broad SMARTS) is 1. The molecule has 0 atom stereocenters. The molecular weight excluding hydrogens is 236 g/mol.